The number of β-amino-alcohol motifs (C(OH)–C–C–N with tert-alkyl or cyclic N) is 1. The van der Waals surface area contributed by atoms with Gasteiger partial charge in [0, 0.05) is 13.1 Å². The molecule has 1 aliphatic heterocycles. The molecule has 2 amide bonds. The van der Waals surface area contributed by atoms with Gasteiger partial charge in [-0.15, -0.1) is 0 Å². The van der Waals surface area contributed by atoms with Gasteiger partial charge in [-0.1, -0.05) is 0 Å². The summed E-state index contributed by atoms with van der Waals surface area (Å²) in [4.78, 5) is 25.1. The topological polar surface area (TPSA) is 78.9 Å². The van der Waals surface area contributed by atoms with Crippen molar-refractivity contribution in [3.8, 4) is 0 Å². The zero-order chi connectivity index (χ0) is 13.8. The number of rotatable bonds is 3. The molecule has 0 aromatic carbocycles. The first kappa shape index (κ1) is 14.8. The summed E-state index contributed by atoms with van der Waals surface area (Å²) < 4.78 is 5.11. The highest BCUT2D eigenvalue weighted by molar-refractivity contribution is 5.86. The van der Waals surface area contributed by atoms with Gasteiger partial charge >= 0.3 is 6.09 Å². The molecule has 6 heteroatoms. The molecule has 1 unspecified atom stereocenters. The van der Waals surface area contributed by atoms with Crippen LogP contribution in [-0.4, -0.2) is 53.3 Å². The van der Waals surface area contributed by atoms with E-state index in [-0.39, 0.29) is 12.5 Å². The van der Waals surface area contributed by atoms with Gasteiger partial charge < -0.3 is 20.1 Å². The lowest BCUT2D eigenvalue weighted by atomic mass is 10.1. The predicted molar refractivity (Wildman–Crippen MR) is 66.1 cm³/mol. The highest BCUT2D eigenvalue weighted by atomic mass is 16.6. The summed E-state index contributed by atoms with van der Waals surface area (Å²) in [7, 11) is 0. The third kappa shape index (κ3) is 4.52. The first-order valence-electron chi connectivity index (χ1n) is 6.22. The monoisotopic (exact) mass is 258 g/mol. The van der Waals surface area contributed by atoms with Gasteiger partial charge in [0.15, 0.2) is 0 Å². The lowest BCUT2D eigenvalue weighted by molar-refractivity contribution is -0.136. The summed E-state index contributed by atoms with van der Waals surface area (Å²) in [5.74, 6) is -0.152. The van der Waals surface area contributed by atoms with Gasteiger partial charge in [-0.2, -0.15) is 0 Å². The number of likely N-dealkylation sites (tertiary alicyclic amines) is 1. The number of nitrogens with zero attached hydrogens (tertiary/aromatic N) is 1. The van der Waals surface area contributed by atoms with Crippen LogP contribution < -0.4 is 5.32 Å². The molecular formula is C12H22N2O4. The van der Waals surface area contributed by atoms with Crippen LogP contribution in [0.5, 0.6) is 0 Å². The predicted octanol–water partition coefficient (Wildman–Crippen LogP) is 0.494. The number of carbonyl (C=O) groups is 2. The molecule has 1 rings (SSSR count). The quantitative estimate of drug-likeness (QED) is 0.772. The summed E-state index contributed by atoms with van der Waals surface area (Å²) in [5.41, 5.74) is -0.577. The number of nitrogens with one attached hydrogen (secondary N) is 1. The molecule has 1 saturated heterocycles. The molecule has 0 aliphatic carbocycles. The van der Waals surface area contributed by atoms with Crippen molar-refractivity contribution in [2.75, 3.05) is 19.7 Å². The Morgan fingerprint density at radius 3 is 2.78 bits per heavy atom. The van der Waals surface area contributed by atoms with Crippen LogP contribution >= 0.6 is 0 Å². The minimum atomic E-state index is -0.577. The van der Waals surface area contributed by atoms with Gasteiger partial charge in [0.2, 0.25) is 5.91 Å². The van der Waals surface area contributed by atoms with Crippen molar-refractivity contribution in [1.29, 1.82) is 0 Å². The van der Waals surface area contributed by atoms with Crippen LogP contribution in [0.4, 0.5) is 4.79 Å². The molecule has 6 nitrogen and oxygen atoms in total. The Labute approximate surface area is 107 Å². The van der Waals surface area contributed by atoms with Gasteiger partial charge in [-0.05, 0) is 33.6 Å². The maximum atomic E-state index is 12.0. The Hall–Kier alpha value is -1.30. The van der Waals surface area contributed by atoms with Gasteiger partial charge in [0.05, 0.1) is 6.61 Å². The van der Waals surface area contributed by atoms with Crippen LogP contribution in [0.3, 0.4) is 0 Å². The van der Waals surface area contributed by atoms with Gasteiger partial charge in [-0.25, -0.2) is 4.79 Å². The number of carbonyl (C=O) groups excluding carboxylic acids is 2. The van der Waals surface area contributed by atoms with Crippen LogP contribution in [0.25, 0.3) is 0 Å². The number of aliphatic hydroxyl groups excluding tert-OH is 1. The highest BCUT2D eigenvalue weighted by Crippen LogP contribution is 2.13. The average molecular weight is 258 g/mol. The second-order valence-corrected chi connectivity index (χ2v) is 5.39. The summed E-state index contributed by atoms with van der Waals surface area (Å²) in [6, 6.07) is -0.542. The molecule has 0 spiro atoms. The van der Waals surface area contributed by atoms with Crippen molar-refractivity contribution < 1.29 is 19.4 Å². The van der Waals surface area contributed by atoms with E-state index in [0.717, 1.165) is 6.42 Å². The Kier molecular flexibility index (Phi) is 4.95. The van der Waals surface area contributed by atoms with E-state index >= 15 is 0 Å². The Morgan fingerprint density at radius 1 is 1.56 bits per heavy atom. The Morgan fingerprint density at radius 2 is 2.22 bits per heavy atom. The molecule has 2 N–H and O–H groups in total. The van der Waals surface area contributed by atoms with Crippen molar-refractivity contribution >= 4 is 12.0 Å². The number of aliphatic hydroxyl groups is 1. The third-order valence-electron chi connectivity index (χ3n) is 2.59. The summed E-state index contributed by atoms with van der Waals surface area (Å²) >= 11 is 0. The normalized spacial score (nSPS) is 20.8. The number of ether oxygens (including phenoxy) is 1. The van der Waals surface area contributed by atoms with Crippen LogP contribution in [-0.2, 0) is 9.53 Å². The minimum Gasteiger partial charge on any atom is -0.444 e. The van der Waals surface area contributed by atoms with Crippen molar-refractivity contribution in [3.63, 3.8) is 0 Å². The minimum absolute atomic E-state index is 0.0646. The van der Waals surface area contributed by atoms with Crippen molar-refractivity contribution in [3.05, 3.63) is 0 Å². The van der Waals surface area contributed by atoms with E-state index in [4.69, 9.17) is 9.84 Å². The molecule has 1 aliphatic rings. The Balaban J connectivity index is 2.51. The van der Waals surface area contributed by atoms with Crippen molar-refractivity contribution in [1.82, 2.24) is 10.2 Å². The molecule has 1 fully saturated rings. The molecule has 1 atom stereocenters. The van der Waals surface area contributed by atoms with E-state index in [1.165, 1.54) is 0 Å². The lowest BCUT2D eigenvalue weighted by Crippen LogP contribution is -2.53. The molecular weight excluding hydrogens is 236 g/mol. The van der Waals surface area contributed by atoms with Gasteiger partial charge in [0.25, 0.3) is 0 Å². The second-order valence-electron chi connectivity index (χ2n) is 5.39. The maximum Gasteiger partial charge on any atom is 0.408 e. The fourth-order valence-corrected chi connectivity index (χ4v) is 1.87. The number of piperidine rings is 1. The summed E-state index contributed by atoms with van der Waals surface area (Å²) in [5, 5.41) is 11.4. The summed E-state index contributed by atoms with van der Waals surface area (Å²) in [6.07, 6.45) is 0.846. The zero-order valence-electron chi connectivity index (χ0n) is 11.2. The van der Waals surface area contributed by atoms with E-state index in [0.29, 0.717) is 19.5 Å². The van der Waals surface area contributed by atoms with Crippen LogP contribution in [0.15, 0.2) is 0 Å². The molecule has 18 heavy (non-hydrogen) atoms. The molecule has 104 valence electrons. The van der Waals surface area contributed by atoms with E-state index in [1.807, 2.05) is 0 Å². The standard InChI is InChI=1S/C12H22N2O4/c1-12(2,3)18-11(17)13-9-5-4-6-14(7-8-15)10(9)16/h9,15H,4-8H2,1-3H3,(H,13,17). The van der Waals surface area contributed by atoms with E-state index < -0.39 is 17.7 Å². The van der Waals surface area contributed by atoms with Crippen molar-refractivity contribution in [2.45, 2.75) is 45.3 Å². The number of amides is 2. The van der Waals surface area contributed by atoms with Crippen LogP contribution in [0, 0.1) is 0 Å². The zero-order valence-corrected chi connectivity index (χ0v) is 11.2. The average Bonchev–Trinajstić information content (AvgIpc) is 2.21. The second kappa shape index (κ2) is 6.04. The van der Waals surface area contributed by atoms with E-state index in [9.17, 15) is 9.59 Å². The fourth-order valence-electron chi connectivity index (χ4n) is 1.87. The molecule has 0 saturated carbocycles. The lowest BCUT2D eigenvalue weighted by Gasteiger charge is -2.32. The molecule has 0 radical (unpaired) electrons. The fraction of sp³-hybridized carbons (Fsp3) is 0.833. The van der Waals surface area contributed by atoms with Crippen LogP contribution in [0.1, 0.15) is 33.6 Å². The maximum absolute atomic E-state index is 12.0. The van der Waals surface area contributed by atoms with E-state index in [1.54, 1.807) is 25.7 Å². The number of hydrogen-bond donors (Lipinski definition) is 2. The summed E-state index contributed by atoms with van der Waals surface area (Å²) in [6.45, 7) is 6.19. The van der Waals surface area contributed by atoms with E-state index in [2.05, 4.69) is 5.32 Å². The van der Waals surface area contributed by atoms with Gasteiger partial charge in [0.1, 0.15) is 11.6 Å². The SMILES string of the molecule is CC(C)(C)OC(=O)NC1CCCN(CCO)C1=O. The molecule has 0 aromatic heterocycles. The first-order chi connectivity index (χ1) is 8.33. The van der Waals surface area contributed by atoms with Crippen molar-refractivity contribution in [2.24, 2.45) is 0 Å². The number of hydrogen-bond acceptors (Lipinski definition) is 4. The molecule has 0 aromatic rings. The van der Waals surface area contributed by atoms with Crippen LogP contribution in [0.2, 0.25) is 0 Å². The highest BCUT2D eigenvalue weighted by Gasteiger charge is 2.30. The third-order valence-corrected chi connectivity index (χ3v) is 2.59. The number of alkyl carbamates (subject to hydrolysis) is 1. The largest absolute Gasteiger partial charge is 0.444 e. The first-order valence-corrected chi connectivity index (χ1v) is 6.22. The van der Waals surface area contributed by atoms with Gasteiger partial charge in [-0.3, -0.25) is 4.79 Å². The smallest absolute Gasteiger partial charge is 0.408 e. The Bertz CT molecular complexity index is 310. The molecule has 0 bridgehead atoms. The molecule has 1 heterocycles.